The minimum Gasteiger partial charge on any atom is -0.495 e. The van der Waals surface area contributed by atoms with E-state index in [1.807, 2.05) is 44.2 Å². The van der Waals surface area contributed by atoms with Gasteiger partial charge in [-0.15, -0.1) is 0 Å². The standard InChI is InChI=1S/C19H21N3O4/c1-10(2)17(22-19(20)24)18(23)21-13-9-15-12(8-16(13)25-3)11-6-4-5-7-14(11)26-15/h4-10,17H,1-3H3,(H,21,23)(H3,20,22,24)/t17-/m1/s1. The van der Waals surface area contributed by atoms with Crippen LogP contribution in [-0.2, 0) is 4.79 Å². The van der Waals surface area contributed by atoms with Gasteiger partial charge in [-0.1, -0.05) is 32.0 Å². The molecule has 0 aliphatic carbocycles. The minimum absolute atomic E-state index is 0.136. The number of ether oxygens (including phenoxy) is 1. The number of anilines is 1. The highest BCUT2D eigenvalue weighted by molar-refractivity contribution is 6.08. The molecule has 0 aliphatic rings. The van der Waals surface area contributed by atoms with E-state index in [4.69, 9.17) is 14.9 Å². The number of primary amides is 1. The van der Waals surface area contributed by atoms with Crippen molar-refractivity contribution in [1.82, 2.24) is 5.32 Å². The highest BCUT2D eigenvalue weighted by atomic mass is 16.5. The Morgan fingerprint density at radius 1 is 1.12 bits per heavy atom. The van der Waals surface area contributed by atoms with Crippen LogP contribution in [0.5, 0.6) is 5.75 Å². The molecule has 0 spiro atoms. The topological polar surface area (TPSA) is 107 Å². The number of amides is 3. The molecule has 0 bridgehead atoms. The number of urea groups is 1. The van der Waals surface area contributed by atoms with E-state index in [0.717, 1.165) is 16.4 Å². The lowest BCUT2D eigenvalue weighted by molar-refractivity contribution is -0.118. The number of carbonyl (C=O) groups excluding carboxylic acids is 2. The van der Waals surface area contributed by atoms with Gasteiger partial charge in [0.15, 0.2) is 0 Å². The Bertz CT molecular complexity index is 977. The smallest absolute Gasteiger partial charge is 0.312 e. The average molecular weight is 355 g/mol. The van der Waals surface area contributed by atoms with E-state index in [0.29, 0.717) is 17.0 Å². The molecule has 0 radical (unpaired) electrons. The lowest BCUT2D eigenvalue weighted by atomic mass is 10.0. The number of nitrogens with one attached hydrogen (secondary N) is 2. The molecule has 136 valence electrons. The fraction of sp³-hybridized carbons (Fsp3) is 0.263. The van der Waals surface area contributed by atoms with E-state index >= 15 is 0 Å². The Morgan fingerprint density at radius 3 is 2.50 bits per heavy atom. The van der Waals surface area contributed by atoms with Crippen molar-refractivity contribution in [3.05, 3.63) is 36.4 Å². The second kappa shape index (κ2) is 6.95. The van der Waals surface area contributed by atoms with E-state index in [1.165, 1.54) is 7.11 Å². The van der Waals surface area contributed by atoms with Crippen molar-refractivity contribution in [2.45, 2.75) is 19.9 Å². The largest absolute Gasteiger partial charge is 0.495 e. The summed E-state index contributed by atoms with van der Waals surface area (Å²) >= 11 is 0. The van der Waals surface area contributed by atoms with Crippen molar-refractivity contribution in [3.8, 4) is 5.75 Å². The molecule has 7 heteroatoms. The SMILES string of the molecule is COc1cc2c(cc1NC(=O)[C@H](NC(N)=O)C(C)C)oc1ccccc12. The highest BCUT2D eigenvalue weighted by Gasteiger charge is 2.24. The molecule has 1 heterocycles. The zero-order valence-corrected chi connectivity index (χ0v) is 14.8. The Balaban J connectivity index is 1.99. The second-order valence-corrected chi connectivity index (χ2v) is 6.37. The van der Waals surface area contributed by atoms with Crippen molar-refractivity contribution in [1.29, 1.82) is 0 Å². The van der Waals surface area contributed by atoms with E-state index in [2.05, 4.69) is 10.6 Å². The van der Waals surface area contributed by atoms with Gasteiger partial charge in [0.2, 0.25) is 5.91 Å². The predicted octanol–water partition coefficient (Wildman–Crippen LogP) is 3.23. The van der Waals surface area contributed by atoms with Crippen LogP contribution in [0, 0.1) is 5.92 Å². The first-order chi connectivity index (χ1) is 12.4. The second-order valence-electron chi connectivity index (χ2n) is 6.37. The van der Waals surface area contributed by atoms with Gasteiger partial charge in [-0.3, -0.25) is 4.79 Å². The Labute approximate surface area is 150 Å². The molecule has 0 unspecified atom stereocenters. The number of benzene rings is 2. The maximum absolute atomic E-state index is 12.6. The van der Waals surface area contributed by atoms with Crippen LogP contribution in [0.4, 0.5) is 10.5 Å². The van der Waals surface area contributed by atoms with Gasteiger partial charge in [-0.25, -0.2) is 4.79 Å². The van der Waals surface area contributed by atoms with Crippen molar-refractivity contribution in [2.24, 2.45) is 11.7 Å². The van der Waals surface area contributed by atoms with Crippen molar-refractivity contribution in [3.63, 3.8) is 0 Å². The molecular weight excluding hydrogens is 334 g/mol. The van der Waals surface area contributed by atoms with Gasteiger partial charge in [-0.2, -0.15) is 0 Å². The monoisotopic (exact) mass is 355 g/mol. The molecular formula is C19H21N3O4. The number of carbonyl (C=O) groups is 2. The third kappa shape index (κ3) is 3.28. The average Bonchev–Trinajstić information content (AvgIpc) is 2.95. The van der Waals surface area contributed by atoms with Crippen LogP contribution in [0.15, 0.2) is 40.8 Å². The summed E-state index contributed by atoms with van der Waals surface area (Å²) in [7, 11) is 1.53. The molecule has 0 saturated carbocycles. The van der Waals surface area contributed by atoms with Crippen molar-refractivity contribution >= 4 is 39.6 Å². The van der Waals surface area contributed by atoms with Crippen LogP contribution < -0.4 is 21.1 Å². The van der Waals surface area contributed by atoms with E-state index in [9.17, 15) is 9.59 Å². The van der Waals surface area contributed by atoms with Gasteiger partial charge in [0, 0.05) is 16.8 Å². The summed E-state index contributed by atoms with van der Waals surface area (Å²) in [6, 6.07) is 9.70. The first-order valence-electron chi connectivity index (χ1n) is 8.26. The number of para-hydroxylation sites is 1. The Morgan fingerprint density at radius 2 is 1.85 bits per heavy atom. The highest BCUT2D eigenvalue weighted by Crippen LogP contribution is 2.36. The van der Waals surface area contributed by atoms with Crippen LogP contribution in [0.1, 0.15) is 13.8 Å². The van der Waals surface area contributed by atoms with Crippen LogP contribution >= 0.6 is 0 Å². The number of methoxy groups -OCH3 is 1. The minimum atomic E-state index is -0.761. The molecule has 1 atom stereocenters. The molecule has 3 aromatic rings. The molecule has 0 aliphatic heterocycles. The third-order valence-corrected chi connectivity index (χ3v) is 4.20. The van der Waals surface area contributed by atoms with Gasteiger partial charge < -0.3 is 25.5 Å². The molecule has 0 saturated heterocycles. The summed E-state index contributed by atoms with van der Waals surface area (Å²) in [5, 5.41) is 7.11. The molecule has 3 rings (SSSR count). The maximum atomic E-state index is 12.6. The molecule has 2 aromatic carbocycles. The van der Waals surface area contributed by atoms with E-state index in [1.54, 1.807) is 6.07 Å². The van der Waals surface area contributed by atoms with Gasteiger partial charge in [-0.05, 0) is 18.1 Å². The summed E-state index contributed by atoms with van der Waals surface area (Å²) in [6.07, 6.45) is 0. The summed E-state index contributed by atoms with van der Waals surface area (Å²) in [4.78, 5) is 23.8. The summed E-state index contributed by atoms with van der Waals surface area (Å²) < 4.78 is 11.3. The zero-order chi connectivity index (χ0) is 18.8. The van der Waals surface area contributed by atoms with Crippen LogP contribution in [0.25, 0.3) is 21.9 Å². The number of nitrogens with two attached hydrogens (primary N) is 1. The summed E-state index contributed by atoms with van der Waals surface area (Å²) in [5.41, 5.74) is 7.01. The van der Waals surface area contributed by atoms with E-state index in [-0.39, 0.29) is 11.8 Å². The quantitative estimate of drug-likeness (QED) is 0.653. The molecule has 3 amide bonds. The van der Waals surface area contributed by atoms with Crippen LogP contribution in [0.3, 0.4) is 0 Å². The number of rotatable bonds is 5. The third-order valence-electron chi connectivity index (χ3n) is 4.20. The van der Waals surface area contributed by atoms with Crippen LogP contribution in [-0.4, -0.2) is 25.1 Å². The summed E-state index contributed by atoms with van der Waals surface area (Å²) in [5.74, 6) is -0.0185. The number of fused-ring (bicyclic) bond motifs is 3. The fourth-order valence-electron chi connectivity index (χ4n) is 2.92. The Hall–Kier alpha value is -3.22. The van der Waals surface area contributed by atoms with Gasteiger partial charge in [0.1, 0.15) is 23.0 Å². The number of furan rings is 1. The predicted molar refractivity (Wildman–Crippen MR) is 100 cm³/mol. The normalized spacial score (nSPS) is 12.3. The maximum Gasteiger partial charge on any atom is 0.312 e. The lowest BCUT2D eigenvalue weighted by Crippen LogP contribution is -2.49. The molecule has 7 nitrogen and oxygen atoms in total. The first kappa shape index (κ1) is 17.6. The fourth-order valence-corrected chi connectivity index (χ4v) is 2.92. The molecule has 26 heavy (non-hydrogen) atoms. The van der Waals surface area contributed by atoms with Crippen LogP contribution in [0.2, 0.25) is 0 Å². The number of hydrogen-bond acceptors (Lipinski definition) is 4. The number of hydrogen-bond donors (Lipinski definition) is 3. The van der Waals surface area contributed by atoms with Crippen molar-refractivity contribution < 1.29 is 18.7 Å². The van der Waals surface area contributed by atoms with Crippen molar-refractivity contribution in [2.75, 3.05) is 12.4 Å². The zero-order valence-electron chi connectivity index (χ0n) is 14.8. The first-order valence-corrected chi connectivity index (χ1v) is 8.26. The molecule has 0 fully saturated rings. The van der Waals surface area contributed by atoms with Gasteiger partial charge >= 0.3 is 6.03 Å². The van der Waals surface area contributed by atoms with Gasteiger partial charge in [0.25, 0.3) is 0 Å². The van der Waals surface area contributed by atoms with Gasteiger partial charge in [0.05, 0.1) is 12.8 Å². The Kier molecular flexibility index (Phi) is 4.71. The summed E-state index contributed by atoms with van der Waals surface area (Å²) in [6.45, 7) is 3.64. The lowest BCUT2D eigenvalue weighted by Gasteiger charge is -2.21. The van der Waals surface area contributed by atoms with E-state index < -0.39 is 12.1 Å². The molecule has 4 N–H and O–H groups in total. The molecule has 1 aromatic heterocycles.